The van der Waals surface area contributed by atoms with Crippen LogP contribution in [-0.4, -0.2) is 40.0 Å². The molecule has 1 fully saturated rings. The molecule has 0 bridgehead atoms. The predicted molar refractivity (Wildman–Crippen MR) is 122 cm³/mol. The van der Waals surface area contributed by atoms with Crippen LogP contribution in [-0.2, 0) is 4.79 Å². The van der Waals surface area contributed by atoms with Crippen molar-refractivity contribution in [2.24, 2.45) is 0 Å². The lowest BCUT2D eigenvalue weighted by molar-refractivity contribution is -0.134. The van der Waals surface area contributed by atoms with Crippen LogP contribution in [0.3, 0.4) is 0 Å². The summed E-state index contributed by atoms with van der Waals surface area (Å²) in [5, 5.41) is 12.5. The Morgan fingerprint density at radius 2 is 1.68 bits per heavy atom. The fourth-order valence-electron chi connectivity index (χ4n) is 4.00. The topological polar surface area (TPSA) is 75.2 Å². The van der Waals surface area contributed by atoms with Gasteiger partial charge in [-0.1, -0.05) is 66.8 Å². The first kappa shape index (κ1) is 21.2. The molecular weight excluding hydrogens is 408 g/mol. The molecule has 2 amide bonds. The number of carbonyl (C=O) groups excluding carboxylic acids is 2. The van der Waals surface area contributed by atoms with Gasteiger partial charge in [0.05, 0.1) is 5.92 Å². The van der Waals surface area contributed by atoms with Crippen molar-refractivity contribution in [3.05, 3.63) is 76.2 Å². The van der Waals surface area contributed by atoms with Crippen molar-refractivity contribution in [3.63, 3.8) is 0 Å². The minimum Gasteiger partial charge on any atom is -0.342 e. The number of rotatable bonds is 6. The van der Waals surface area contributed by atoms with E-state index >= 15 is 0 Å². The summed E-state index contributed by atoms with van der Waals surface area (Å²) in [6.07, 6.45) is 2.47. The van der Waals surface area contributed by atoms with Gasteiger partial charge >= 0.3 is 0 Å². The lowest BCUT2D eigenvalue weighted by Gasteiger charge is -2.33. The van der Waals surface area contributed by atoms with E-state index in [4.69, 9.17) is 0 Å². The number of para-hydroxylation sites is 1. The molecule has 0 saturated carbocycles. The van der Waals surface area contributed by atoms with Gasteiger partial charge in [-0.2, -0.15) is 0 Å². The molecule has 0 spiro atoms. The largest absolute Gasteiger partial charge is 0.342 e. The first-order valence-corrected chi connectivity index (χ1v) is 11.5. The maximum Gasteiger partial charge on any atom is 0.286 e. The molecule has 7 heteroatoms. The maximum atomic E-state index is 13.1. The minimum atomic E-state index is -0.240. The van der Waals surface area contributed by atoms with Crippen molar-refractivity contribution in [1.29, 1.82) is 0 Å². The van der Waals surface area contributed by atoms with Crippen LogP contribution in [0.15, 0.2) is 60.7 Å². The molecular formula is C24H26N4O2S. The highest BCUT2D eigenvalue weighted by atomic mass is 32.1. The molecule has 2 heterocycles. The van der Waals surface area contributed by atoms with Crippen LogP contribution in [0, 0.1) is 0 Å². The zero-order valence-electron chi connectivity index (χ0n) is 17.5. The summed E-state index contributed by atoms with van der Waals surface area (Å²) in [5.41, 5.74) is 1.82. The standard InChI is InChI=1S/C24H26N4O2S/c1-2-20(17-9-5-3-6-10-17)24(30)28-15-13-18(14-16-28)22-26-27-23(31-22)21(29)25-19-11-7-4-8-12-19/h3-12,18,20H,2,13-16H2,1H3,(H,25,29). The van der Waals surface area contributed by atoms with Gasteiger partial charge in [0.1, 0.15) is 5.01 Å². The van der Waals surface area contributed by atoms with Crippen molar-refractivity contribution < 1.29 is 9.59 Å². The number of likely N-dealkylation sites (tertiary alicyclic amines) is 1. The zero-order chi connectivity index (χ0) is 21.6. The Labute approximate surface area is 186 Å². The normalized spacial score (nSPS) is 15.5. The van der Waals surface area contributed by atoms with E-state index in [2.05, 4.69) is 22.4 Å². The monoisotopic (exact) mass is 434 g/mol. The van der Waals surface area contributed by atoms with Crippen LogP contribution in [0.5, 0.6) is 0 Å². The van der Waals surface area contributed by atoms with Gasteiger partial charge in [-0.3, -0.25) is 9.59 Å². The third kappa shape index (κ3) is 4.99. The Bertz CT molecular complexity index is 1010. The molecule has 1 aliphatic heterocycles. The molecule has 0 aliphatic carbocycles. The molecule has 6 nitrogen and oxygen atoms in total. The van der Waals surface area contributed by atoms with Gasteiger partial charge in [-0.25, -0.2) is 0 Å². The number of amides is 2. The molecule has 1 saturated heterocycles. The van der Waals surface area contributed by atoms with E-state index in [1.165, 1.54) is 11.3 Å². The number of hydrogen-bond acceptors (Lipinski definition) is 5. The van der Waals surface area contributed by atoms with Crippen LogP contribution >= 0.6 is 11.3 Å². The number of carbonyl (C=O) groups is 2. The average molecular weight is 435 g/mol. The molecule has 2 aromatic carbocycles. The molecule has 1 aromatic heterocycles. The molecule has 31 heavy (non-hydrogen) atoms. The Morgan fingerprint density at radius 1 is 1.03 bits per heavy atom. The summed E-state index contributed by atoms with van der Waals surface area (Å²) in [6.45, 7) is 3.47. The first-order valence-electron chi connectivity index (χ1n) is 10.7. The summed E-state index contributed by atoms with van der Waals surface area (Å²) < 4.78 is 0. The third-order valence-electron chi connectivity index (χ3n) is 5.73. The van der Waals surface area contributed by atoms with Crippen LogP contribution in [0.25, 0.3) is 0 Å². The van der Waals surface area contributed by atoms with Gasteiger partial charge in [0.15, 0.2) is 0 Å². The highest BCUT2D eigenvalue weighted by molar-refractivity contribution is 7.13. The summed E-state index contributed by atoms with van der Waals surface area (Å²) in [6, 6.07) is 19.3. The lowest BCUT2D eigenvalue weighted by Crippen LogP contribution is -2.40. The summed E-state index contributed by atoms with van der Waals surface area (Å²) in [5.74, 6) is 0.104. The highest BCUT2D eigenvalue weighted by Crippen LogP contribution is 2.32. The number of nitrogens with one attached hydrogen (secondary N) is 1. The molecule has 1 atom stereocenters. The Kier molecular flexibility index (Phi) is 6.72. The summed E-state index contributed by atoms with van der Waals surface area (Å²) in [4.78, 5) is 27.5. The smallest absolute Gasteiger partial charge is 0.286 e. The first-order chi connectivity index (χ1) is 15.2. The van der Waals surface area contributed by atoms with Gasteiger partial charge in [0.25, 0.3) is 5.91 Å². The van der Waals surface area contributed by atoms with E-state index in [0.29, 0.717) is 18.1 Å². The Balaban J connectivity index is 1.35. The lowest BCUT2D eigenvalue weighted by atomic mass is 9.92. The maximum absolute atomic E-state index is 13.1. The summed E-state index contributed by atoms with van der Waals surface area (Å²) >= 11 is 1.35. The van der Waals surface area contributed by atoms with E-state index in [1.807, 2.05) is 65.6 Å². The SMILES string of the molecule is CCC(C(=O)N1CCC(c2nnc(C(=O)Nc3ccccc3)s2)CC1)c1ccccc1. The second kappa shape index (κ2) is 9.83. The van der Waals surface area contributed by atoms with Crippen molar-refractivity contribution in [2.75, 3.05) is 18.4 Å². The van der Waals surface area contributed by atoms with E-state index in [0.717, 1.165) is 35.5 Å². The number of aromatic nitrogens is 2. The predicted octanol–water partition coefficient (Wildman–Crippen LogP) is 4.69. The van der Waals surface area contributed by atoms with Gasteiger partial charge < -0.3 is 10.2 Å². The minimum absolute atomic E-state index is 0.0902. The van der Waals surface area contributed by atoms with Crippen LogP contribution < -0.4 is 5.32 Å². The zero-order valence-corrected chi connectivity index (χ0v) is 18.3. The molecule has 1 N–H and O–H groups in total. The molecule has 0 radical (unpaired) electrons. The third-order valence-corrected chi connectivity index (χ3v) is 6.82. The number of nitrogens with zero attached hydrogens (tertiary/aromatic N) is 3. The molecule has 1 aliphatic rings. The van der Waals surface area contributed by atoms with E-state index in [-0.39, 0.29) is 23.7 Å². The van der Waals surface area contributed by atoms with E-state index < -0.39 is 0 Å². The molecule has 160 valence electrons. The van der Waals surface area contributed by atoms with E-state index in [1.54, 1.807) is 0 Å². The number of hydrogen-bond donors (Lipinski definition) is 1. The van der Waals surface area contributed by atoms with E-state index in [9.17, 15) is 9.59 Å². The second-order valence-electron chi connectivity index (χ2n) is 7.74. The quantitative estimate of drug-likeness (QED) is 0.611. The molecule has 4 rings (SSSR count). The number of benzene rings is 2. The van der Waals surface area contributed by atoms with Crippen molar-refractivity contribution >= 4 is 28.8 Å². The fraction of sp³-hybridized carbons (Fsp3) is 0.333. The van der Waals surface area contributed by atoms with Gasteiger partial charge in [0.2, 0.25) is 10.9 Å². The fourth-order valence-corrected chi connectivity index (χ4v) is 4.91. The highest BCUT2D eigenvalue weighted by Gasteiger charge is 2.30. The van der Waals surface area contributed by atoms with Crippen molar-refractivity contribution in [3.8, 4) is 0 Å². The summed E-state index contributed by atoms with van der Waals surface area (Å²) in [7, 11) is 0. The molecule has 1 unspecified atom stereocenters. The Hall–Kier alpha value is -3.06. The average Bonchev–Trinajstić information content (AvgIpc) is 3.32. The van der Waals surface area contributed by atoms with Gasteiger partial charge in [-0.05, 0) is 37.0 Å². The van der Waals surface area contributed by atoms with Crippen molar-refractivity contribution in [2.45, 2.75) is 38.0 Å². The Morgan fingerprint density at radius 3 is 2.32 bits per heavy atom. The number of piperidine rings is 1. The van der Waals surface area contributed by atoms with Crippen LogP contribution in [0.2, 0.25) is 0 Å². The van der Waals surface area contributed by atoms with Gasteiger partial charge in [-0.15, -0.1) is 10.2 Å². The van der Waals surface area contributed by atoms with Crippen molar-refractivity contribution in [1.82, 2.24) is 15.1 Å². The van der Waals surface area contributed by atoms with Gasteiger partial charge in [0, 0.05) is 24.7 Å². The molecule has 3 aromatic rings. The van der Waals surface area contributed by atoms with Crippen LogP contribution in [0.4, 0.5) is 5.69 Å². The number of anilines is 1. The second-order valence-corrected chi connectivity index (χ2v) is 8.75. The van der Waals surface area contributed by atoms with Crippen LogP contribution in [0.1, 0.15) is 58.4 Å².